The average molecular weight is 277 g/mol. The minimum atomic E-state index is 0.176. The first-order valence-corrected chi connectivity index (χ1v) is 7.54. The smallest absolute Gasteiger partial charge is 0.224 e. The van der Waals surface area contributed by atoms with Crippen LogP contribution in [0.5, 0.6) is 0 Å². The van der Waals surface area contributed by atoms with E-state index in [1.165, 1.54) is 11.3 Å². The van der Waals surface area contributed by atoms with Crippen LogP contribution in [0.25, 0.3) is 0 Å². The summed E-state index contributed by atoms with van der Waals surface area (Å²) in [5, 5.41) is 0. The maximum absolute atomic E-state index is 12.2. The molecule has 0 spiro atoms. The predicted octanol–water partition coefficient (Wildman–Crippen LogP) is 1.07. The molecule has 0 radical (unpaired) electrons. The van der Waals surface area contributed by atoms with E-state index in [2.05, 4.69) is 16.8 Å². The third-order valence-corrected chi connectivity index (χ3v) is 4.37. The van der Waals surface area contributed by atoms with Gasteiger partial charge in [0, 0.05) is 44.0 Å². The van der Waals surface area contributed by atoms with E-state index < -0.39 is 0 Å². The Hall–Kier alpha value is -1.33. The monoisotopic (exact) mass is 277 g/mol. The van der Waals surface area contributed by atoms with Crippen LogP contribution in [0.1, 0.15) is 36.6 Å². The predicted molar refractivity (Wildman–Crippen MR) is 76.3 cm³/mol. The molecular formula is C15H23N3O2. The standard InChI is InChI=1S/C15H23N3O2/c16-13-2-1-3-14-12(13)4-6-17(14)7-5-15(19)18-8-10-20-11-9-18/h4,6,13H,1-3,5,7-11,16H2. The van der Waals surface area contributed by atoms with Crippen LogP contribution in [0, 0.1) is 0 Å². The van der Waals surface area contributed by atoms with Crippen molar-refractivity contribution in [3.63, 3.8) is 0 Å². The number of nitrogens with two attached hydrogens (primary N) is 1. The molecule has 2 heterocycles. The molecule has 20 heavy (non-hydrogen) atoms. The molecule has 0 saturated carbocycles. The molecule has 110 valence electrons. The van der Waals surface area contributed by atoms with Crippen LogP contribution in [-0.4, -0.2) is 41.7 Å². The highest BCUT2D eigenvalue weighted by Crippen LogP contribution is 2.28. The maximum atomic E-state index is 12.2. The fraction of sp³-hybridized carbons (Fsp3) is 0.667. The van der Waals surface area contributed by atoms with E-state index in [1.807, 2.05) is 4.90 Å². The molecule has 1 unspecified atom stereocenters. The normalized spacial score (nSPS) is 22.6. The van der Waals surface area contributed by atoms with Gasteiger partial charge in [0.15, 0.2) is 0 Å². The van der Waals surface area contributed by atoms with Gasteiger partial charge in [-0.3, -0.25) is 4.79 Å². The number of rotatable bonds is 3. The molecule has 0 bridgehead atoms. The zero-order chi connectivity index (χ0) is 13.9. The third-order valence-electron chi connectivity index (χ3n) is 4.37. The summed E-state index contributed by atoms with van der Waals surface area (Å²) in [7, 11) is 0. The molecule has 1 atom stereocenters. The molecule has 1 fully saturated rings. The van der Waals surface area contributed by atoms with Crippen molar-refractivity contribution in [3.8, 4) is 0 Å². The van der Waals surface area contributed by atoms with Gasteiger partial charge in [0.1, 0.15) is 0 Å². The number of amides is 1. The highest BCUT2D eigenvalue weighted by atomic mass is 16.5. The molecule has 2 aliphatic rings. The van der Waals surface area contributed by atoms with Gasteiger partial charge >= 0.3 is 0 Å². The number of carbonyl (C=O) groups excluding carboxylic acids is 1. The van der Waals surface area contributed by atoms with Crippen LogP contribution >= 0.6 is 0 Å². The first kappa shape index (κ1) is 13.6. The lowest BCUT2D eigenvalue weighted by Crippen LogP contribution is -2.41. The molecule has 3 rings (SSSR count). The average Bonchev–Trinajstić information content (AvgIpc) is 2.90. The highest BCUT2D eigenvalue weighted by Gasteiger charge is 2.21. The lowest BCUT2D eigenvalue weighted by atomic mass is 9.94. The first-order chi connectivity index (χ1) is 9.75. The van der Waals surface area contributed by atoms with Gasteiger partial charge in [-0.1, -0.05) is 0 Å². The van der Waals surface area contributed by atoms with E-state index in [9.17, 15) is 4.79 Å². The Kier molecular flexibility index (Phi) is 4.08. The summed E-state index contributed by atoms with van der Waals surface area (Å²) < 4.78 is 7.49. The van der Waals surface area contributed by atoms with Crippen molar-refractivity contribution in [2.24, 2.45) is 5.73 Å². The van der Waals surface area contributed by atoms with E-state index in [0.717, 1.165) is 38.9 Å². The van der Waals surface area contributed by atoms with Gasteiger partial charge in [-0.05, 0) is 30.9 Å². The van der Waals surface area contributed by atoms with Gasteiger partial charge in [0.25, 0.3) is 0 Å². The van der Waals surface area contributed by atoms with Gasteiger partial charge in [0.05, 0.1) is 13.2 Å². The molecule has 5 heteroatoms. The summed E-state index contributed by atoms with van der Waals surface area (Å²) in [5.74, 6) is 0.232. The Morgan fingerprint density at radius 3 is 3.00 bits per heavy atom. The van der Waals surface area contributed by atoms with Crippen molar-refractivity contribution in [2.75, 3.05) is 26.3 Å². The van der Waals surface area contributed by atoms with Gasteiger partial charge in [0.2, 0.25) is 5.91 Å². The zero-order valence-corrected chi connectivity index (χ0v) is 11.9. The lowest BCUT2D eigenvalue weighted by molar-refractivity contribution is -0.135. The van der Waals surface area contributed by atoms with Crippen molar-refractivity contribution >= 4 is 5.91 Å². The van der Waals surface area contributed by atoms with E-state index in [4.69, 9.17) is 10.5 Å². The van der Waals surface area contributed by atoms with Gasteiger partial charge in [-0.2, -0.15) is 0 Å². The summed E-state index contributed by atoms with van der Waals surface area (Å²) in [6.07, 6.45) is 5.96. The van der Waals surface area contributed by atoms with Gasteiger partial charge in [-0.15, -0.1) is 0 Å². The molecule has 1 amide bonds. The number of aromatic nitrogens is 1. The van der Waals surface area contributed by atoms with Crippen LogP contribution in [0.2, 0.25) is 0 Å². The minimum Gasteiger partial charge on any atom is -0.378 e. The molecule has 1 aromatic rings. The Balaban J connectivity index is 1.60. The van der Waals surface area contributed by atoms with Crippen LogP contribution in [0.15, 0.2) is 12.3 Å². The van der Waals surface area contributed by atoms with Crippen LogP contribution in [-0.2, 0) is 22.5 Å². The number of hydrogen-bond donors (Lipinski definition) is 1. The Morgan fingerprint density at radius 2 is 2.20 bits per heavy atom. The van der Waals surface area contributed by atoms with Crippen LogP contribution < -0.4 is 5.73 Å². The summed E-state index contributed by atoms with van der Waals surface area (Å²) in [6.45, 7) is 3.55. The van der Waals surface area contributed by atoms with Crippen molar-refractivity contribution in [1.29, 1.82) is 0 Å². The third kappa shape index (κ3) is 2.74. The summed E-state index contributed by atoms with van der Waals surface area (Å²) in [6, 6.07) is 2.30. The van der Waals surface area contributed by atoms with Crippen molar-refractivity contribution in [2.45, 2.75) is 38.3 Å². The molecule has 2 N–H and O–H groups in total. The van der Waals surface area contributed by atoms with Crippen molar-refractivity contribution in [3.05, 3.63) is 23.5 Å². The highest BCUT2D eigenvalue weighted by molar-refractivity contribution is 5.76. The molecule has 1 saturated heterocycles. The SMILES string of the molecule is NC1CCCc2c1ccn2CCC(=O)N1CCOCC1. The van der Waals surface area contributed by atoms with Crippen LogP contribution in [0.3, 0.4) is 0 Å². The number of aryl methyl sites for hydroxylation is 1. The van der Waals surface area contributed by atoms with E-state index in [1.54, 1.807) is 0 Å². The largest absolute Gasteiger partial charge is 0.378 e. The number of fused-ring (bicyclic) bond motifs is 1. The molecule has 0 aromatic carbocycles. The fourth-order valence-corrected chi connectivity index (χ4v) is 3.19. The van der Waals surface area contributed by atoms with Gasteiger partial charge < -0.3 is 19.9 Å². The number of ether oxygens (including phenoxy) is 1. The summed E-state index contributed by atoms with van der Waals surface area (Å²) in [4.78, 5) is 14.1. The number of nitrogens with zero attached hydrogens (tertiary/aromatic N) is 2. The maximum Gasteiger partial charge on any atom is 0.224 e. The summed E-state index contributed by atoms with van der Waals surface area (Å²) in [5.41, 5.74) is 8.74. The van der Waals surface area contributed by atoms with Crippen molar-refractivity contribution < 1.29 is 9.53 Å². The molecule has 1 aliphatic carbocycles. The molecule has 1 aliphatic heterocycles. The zero-order valence-electron chi connectivity index (χ0n) is 11.9. The van der Waals surface area contributed by atoms with Crippen LogP contribution in [0.4, 0.5) is 0 Å². The van der Waals surface area contributed by atoms with E-state index in [0.29, 0.717) is 19.6 Å². The second kappa shape index (κ2) is 5.97. The number of morpholine rings is 1. The topological polar surface area (TPSA) is 60.5 Å². The Labute approximate surface area is 119 Å². The number of carbonyl (C=O) groups is 1. The molecule has 5 nitrogen and oxygen atoms in total. The van der Waals surface area contributed by atoms with E-state index >= 15 is 0 Å². The molecular weight excluding hydrogens is 254 g/mol. The van der Waals surface area contributed by atoms with Crippen molar-refractivity contribution in [1.82, 2.24) is 9.47 Å². The second-order valence-corrected chi connectivity index (χ2v) is 5.65. The molecule has 1 aromatic heterocycles. The van der Waals surface area contributed by atoms with Gasteiger partial charge in [-0.25, -0.2) is 0 Å². The lowest BCUT2D eigenvalue weighted by Gasteiger charge is -2.27. The Bertz CT molecular complexity index is 477. The quantitative estimate of drug-likeness (QED) is 0.899. The fourth-order valence-electron chi connectivity index (χ4n) is 3.19. The summed E-state index contributed by atoms with van der Waals surface area (Å²) >= 11 is 0. The minimum absolute atomic E-state index is 0.176. The number of hydrogen-bond acceptors (Lipinski definition) is 3. The Morgan fingerprint density at radius 1 is 1.40 bits per heavy atom. The second-order valence-electron chi connectivity index (χ2n) is 5.65. The van der Waals surface area contributed by atoms with E-state index in [-0.39, 0.29) is 11.9 Å². The first-order valence-electron chi connectivity index (χ1n) is 7.54.